The van der Waals surface area contributed by atoms with E-state index in [4.69, 9.17) is 16.3 Å². The van der Waals surface area contributed by atoms with E-state index < -0.39 is 21.7 Å². The fraction of sp³-hybridized carbons (Fsp3) is 0.611. The van der Waals surface area contributed by atoms with Crippen molar-refractivity contribution in [2.75, 3.05) is 13.1 Å². The quantitative estimate of drug-likeness (QED) is 0.817. The van der Waals surface area contributed by atoms with Crippen LogP contribution < -0.4 is 5.32 Å². The summed E-state index contributed by atoms with van der Waals surface area (Å²) in [6, 6.07) is 6.61. The Hall–Kier alpha value is -1.31. The molecule has 1 aromatic carbocycles. The van der Waals surface area contributed by atoms with E-state index in [-0.39, 0.29) is 18.3 Å². The van der Waals surface area contributed by atoms with Crippen molar-refractivity contribution in [2.24, 2.45) is 0 Å². The van der Waals surface area contributed by atoms with Gasteiger partial charge in [-0.05, 0) is 51.3 Å². The largest absolute Gasteiger partial charge is 0.444 e. The van der Waals surface area contributed by atoms with E-state index in [0.717, 1.165) is 12.8 Å². The second-order valence-electron chi connectivity index (χ2n) is 7.53. The number of nitrogens with one attached hydrogen (secondary N) is 1. The maximum Gasteiger partial charge on any atom is 0.407 e. The molecule has 0 spiro atoms. The van der Waals surface area contributed by atoms with Crippen LogP contribution in [0.5, 0.6) is 0 Å². The number of halogens is 1. The first kappa shape index (κ1) is 21.0. The average molecular weight is 403 g/mol. The Morgan fingerprint density at radius 3 is 2.73 bits per heavy atom. The molecule has 1 fully saturated rings. The maximum absolute atomic E-state index is 12.9. The van der Waals surface area contributed by atoms with Crippen LogP contribution in [0.15, 0.2) is 24.3 Å². The number of carbonyl (C=O) groups excluding carboxylic acids is 1. The average Bonchev–Trinajstić information content (AvgIpc) is 2.51. The highest BCUT2D eigenvalue weighted by Gasteiger charge is 2.32. The zero-order valence-corrected chi connectivity index (χ0v) is 17.1. The molecule has 146 valence electrons. The molecule has 1 saturated heterocycles. The van der Waals surface area contributed by atoms with Gasteiger partial charge in [0.1, 0.15) is 5.60 Å². The van der Waals surface area contributed by atoms with E-state index in [1.54, 1.807) is 45.0 Å². The van der Waals surface area contributed by atoms with Crippen LogP contribution in [0.1, 0.15) is 45.6 Å². The Morgan fingerprint density at radius 1 is 1.35 bits per heavy atom. The number of rotatable bonds is 5. The van der Waals surface area contributed by atoms with Gasteiger partial charge in [-0.2, -0.15) is 4.31 Å². The van der Waals surface area contributed by atoms with Gasteiger partial charge in [-0.1, -0.05) is 30.2 Å². The molecule has 1 atom stereocenters. The molecule has 1 N–H and O–H groups in total. The lowest BCUT2D eigenvalue weighted by atomic mass is 10.1. The molecule has 1 aliphatic rings. The lowest BCUT2D eigenvalue weighted by molar-refractivity contribution is 0.0512. The molecule has 6 nitrogen and oxygen atoms in total. The molecule has 0 saturated carbocycles. The maximum atomic E-state index is 12.9. The highest BCUT2D eigenvalue weighted by atomic mass is 35.5. The van der Waals surface area contributed by atoms with Crippen molar-refractivity contribution in [1.82, 2.24) is 9.62 Å². The zero-order chi connectivity index (χ0) is 19.4. The minimum absolute atomic E-state index is 0.101. The van der Waals surface area contributed by atoms with Crippen molar-refractivity contribution in [2.45, 2.75) is 57.4 Å². The van der Waals surface area contributed by atoms with Gasteiger partial charge in [0.05, 0.1) is 5.75 Å². The number of alkyl carbamates (subject to hydrolysis) is 1. The number of hydrogen-bond acceptors (Lipinski definition) is 4. The van der Waals surface area contributed by atoms with Gasteiger partial charge in [0.25, 0.3) is 0 Å². The van der Waals surface area contributed by atoms with Crippen LogP contribution in [0, 0.1) is 0 Å². The Balaban J connectivity index is 2.03. The number of amides is 1. The third kappa shape index (κ3) is 6.45. The summed E-state index contributed by atoms with van der Waals surface area (Å²) in [7, 11) is -3.50. The van der Waals surface area contributed by atoms with E-state index in [2.05, 4.69) is 5.32 Å². The number of nitrogens with zero attached hydrogens (tertiary/aromatic N) is 1. The molecule has 0 aliphatic carbocycles. The van der Waals surface area contributed by atoms with Crippen LogP contribution in [0.3, 0.4) is 0 Å². The lowest BCUT2D eigenvalue weighted by Crippen LogP contribution is -2.50. The summed E-state index contributed by atoms with van der Waals surface area (Å²) in [6.07, 6.45) is 1.93. The van der Waals surface area contributed by atoms with Gasteiger partial charge < -0.3 is 10.1 Å². The molecule has 0 aromatic heterocycles. The predicted molar refractivity (Wildman–Crippen MR) is 103 cm³/mol. The van der Waals surface area contributed by atoms with Crippen LogP contribution in [0.2, 0.25) is 5.02 Å². The molecule has 1 aliphatic heterocycles. The third-order valence-corrected chi connectivity index (χ3v) is 6.18. The van der Waals surface area contributed by atoms with E-state index in [9.17, 15) is 13.2 Å². The van der Waals surface area contributed by atoms with E-state index in [1.165, 1.54) is 4.31 Å². The summed E-state index contributed by atoms with van der Waals surface area (Å²) in [5, 5.41) is 3.21. The molecule has 1 unspecified atom stereocenters. The summed E-state index contributed by atoms with van der Waals surface area (Å²) in [6.45, 7) is 6.06. The molecule has 1 amide bonds. The lowest BCUT2D eigenvalue weighted by Gasteiger charge is -2.35. The van der Waals surface area contributed by atoms with Crippen molar-refractivity contribution >= 4 is 27.7 Å². The molecule has 2 rings (SSSR count). The minimum Gasteiger partial charge on any atom is -0.444 e. The van der Waals surface area contributed by atoms with Gasteiger partial charge in [0.15, 0.2) is 0 Å². The van der Waals surface area contributed by atoms with E-state index in [0.29, 0.717) is 23.6 Å². The van der Waals surface area contributed by atoms with Gasteiger partial charge in [-0.25, -0.2) is 13.2 Å². The van der Waals surface area contributed by atoms with Gasteiger partial charge in [0, 0.05) is 24.2 Å². The summed E-state index contributed by atoms with van der Waals surface area (Å²) >= 11 is 5.96. The molecule has 8 heteroatoms. The Labute approximate surface area is 160 Å². The minimum atomic E-state index is -3.50. The summed E-state index contributed by atoms with van der Waals surface area (Å²) in [5.74, 6) is -0.101. The summed E-state index contributed by atoms with van der Waals surface area (Å²) < 4.78 is 32.5. The number of ether oxygens (including phenoxy) is 1. The van der Waals surface area contributed by atoms with Gasteiger partial charge in [-0.15, -0.1) is 0 Å². The fourth-order valence-electron chi connectivity index (χ4n) is 2.98. The van der Waals surface area contributed by atoms with Crippen LogP contribution in [-0.2, 0) is 20.5 Å². The second-order valence-corrected chi connectivity index (χ2v) is 9.89. The molecule has 26 heavy (non-hydrogen) atoms. The van der Waals surface area contributed by atoms with Gasteiger partial charge in [-0.3, -0.25) is 0 Å². The fourth-order valence-corrected chi connectivity index (χ4v) is 5.00. The molecule has 1 aromatic rings. The second kappa shape index (κ2) is 8.59. The first-order valence-electron chi connectivity index (χ1n) is 8.78. The number of piperidine rings is 1. The highest BCUT2D eigenvalue weighted by molar-refractivity contribution is 7.88. The van der Waals surface area contributed by atoms with Crippen LogP contribution in [-0.4, -0.2) is 43.5 Å². The summed E-state index contributed by atoms with van der Waals surface area (Å²) in [4.78, 5) is 11.9. The van der Waals surface area contributed by atoms with Crippen LogP contribution in [0.25, 0.3) is 0 Å². The smallest absolute Gasteiger partial charge is 0.407 e. The first-order chi connectivity index (χ1) is 12.1. The number of carbonyl (C=O) groups is 1. The first-order valence-corrected chi connectivity index (χ1v) is 10.8. The van der Waals surface area contributed by atoms with Crippen molar-refractivity contribution in [1.29, 1.82) is 0 Å². The van der Waals surface area contributed by atoms with Gasteiger partial charge in [0.2, 0.25) is 10.0 Å². The Morgan fingerprint density at radius 2 is 2.08 bits per heavy atom. The van der Waals surface area contributed by atoms with Gasteiger partial charge >= 0.3 is 6.09 Å². The molecule has 0 bridgehead atoms. The number of benzene rings is 1. The van der Waals surface area contributed by atoms with Crippen molar-refractivity contribution in [3.63, 3.8) is 0 Å². The Bertz CT molecular complexity index is 731. The van der Waals surface area contributed by atoms with Crippen molar-refractivity contribution < 1.29 is 17.9 Å². The Kier molecular flexibility index (Phi) is 6.93. The normalized spacial score (nSPS) is 19.2. The number of hydrogen-bond donors (Lipinski definition) is 1. The monoisotopic (exact) mass is 402 g/mol. The SMILES string of the molecule is CC(C)(C)OC(=O)NCC1CCCCN1S(=O)(=O)Cc1cccc(Cl)c1. The molecular weight excluding hydrogens is 376 g/mol. The van der Waals surface area contributed by atoms with Crippen LogP contribution in [0.4, 0.5) is 4.79 Å². The van der Waals surface area contributed by atoms with E-state index in [1.807, 2.05) is 0 Å². The predicted octanol–water partition coefficient (Wildman–Crippen LogP) is 3.55. The molecule has 0 radical (unpaired) electrons. The highest BCUT2D eigenvalue weighted by Crippen LogP contribution is 2.23. The van der Waals surface area contributed by atoms with Crippen molar-refractivity contribution in [3.05, 3.63) is 34.9 Å². The standard InChI is InChI=1S/C18H27ClN2O4S/c1-18(2,3)25-17(22)20-12-16-9-4-5-10-21(16)26(23,24)13-14-7-6-8-15(19)11-14/h6-8,11,16H,4-5,9-10,12-13H2,1-3H3,(H,20,22). The third-order valence-electron chi connectivity index (χ3n) is 4.05. The van der Waals surface area contributed by atoms with Crippen molar-refractivity contribution in [3.8, 4) is 0 Å². The molecular formula is C18H27ClN2O4S. The van der Waals surface area contributed by atoms with Crippen LogP contribution >= 0.6 is 11.6 Å². The summed E-state index contributed by atoms with van der Waals surface area (Å²) in [5.41, 5.74) is 0.0663. The molecule has 1 heterocycles. The number of sulfonamides is 1. The van der Waals surface area contributed by atoms with E-state index >= 15 is 0 Å². The zero-order valence-electron chi connectivity index (χ0n) is 15.5. The topological polar surface area (TPSA) is 75.7 Å².